The van der Waals surface area contributed by atoms with E-state index in [4.69, 9.17) is 11.2 Å². The number of ether oxygens (including phenoxy) is 1. The molecule has 0 atom stereocenters. The summed E-state index contributed by atoms with van der Waals surface area (Å²) in [6, 6.07) is 6.90. The molecule has 0 aliphatic carbocycles. The van der Waals surface area contributed by atoms with E-state index in [9.17, 15) is 18.0 Å². The van der Waals surface area contributed by atoms with Crippen molar-refractivity contribution in [3.05, 3.63) is 64.3 Å². The normalized spacial score (nSPS) is 11.5. The van der Waals surface area contributed by atoms with E-state index in [1.165, 1.54) is 41.4 Å². The minimum atomic E-state index is -4.49. The summed E-state index contributed by atoms with van der Waals surface area (Å²) in [6.45, 7) is 2.43. The van der Waals surface area contributed by atoms with Crippen molar-refractivity contribution < 1.29 is 17.9 Å². The first-order chi connectivity index (χ1) is 11.9. The summed E-state index contributed by atoms with van der Waals surface area (Å²) in [5, 5.41) is 0. The predicted molar refractivity (Wildman–Crippen MR) is 90.6 cm³/mol. The maximum Gasteiger partial charge on any atom is 0.416 e. The minimum absolute atomic E-state index is 0.0849. The third kappa shape index (κ3) is 4.54. The van der Waals surface area contributed by atoms with Gasteiger partial charge in [0.05, 0.1) is 18.4 Å². The lowest BCUT2D eigenvalue weighted by atomic mass is 10.0. The van der Waals surface area contributed by atoms with E-state index < -0.39 is 17.2 Å². The zero-order valence-corrected chi connectivity index (χ0v) is 13.5. The van der Waals surface area contributed by atoms with Crippen LogP contribution in [-0.4, -0.2) is 11.2 Å². The fourth-order valence-electron chi connectivity index (χ4n) is 2.17. The summed E-state index contributed by atoms with van der Waals surface area (Å²) >= 11 is 0. The standard InChI is InChI=1S/C19H16F3NO2/c1-3-9-25-10-8-15-12-23(4-2)13-17(18(15)24)14-6-5-7-16(11-14)19(20,21)22/h2,5-8,10-13H,3,9H2,1H3. The van der Waals surface area contributed by atoms with Crippen molar-refractivity contribution in [1.29, 1.82) is 0 Å². The number of nitrogens with zero attached hydrogens (tertiary/aromatic N) is 1. The summed E-state index contributed by atoms with van der Waals surface area (Å²) in [4.78, 5) is 12.6. The minimum Gasteiger partial charge on any atom is -0.501 e. The number of aromatic nitrogens is 1. The lowest BCUT2D eigenvalue weighted by Gasteiger charge is -2.10. The molecule has 0 bridgehead atoms. The smallest absolute Gasteiger partial charge is 0.416 e. The highest BCUT2D eigenvalue weighted by atomic mass is 19.4. The quantitative estimate of drug-likeness (QED) is 0.457. The molecule has 3 nitrogen and oxygen atoms in total. The second-order valence-electron chi connectivity index (χ2n) is 5.24. The summed E-state index contributed by atoms with van der Waals surface area (Å²) in [7, 11) is 0. The molecule has 0 spiro atoms. The van der Waals surface area contributed by atoms with Crippen molar-refractivity contribution in [2.75, 3.05) is 6.61 Å². The van der Waals surface area contributed by atoms with Gasteiger partial charge < -0.3 is 4.74 Å². The van der Waals surface area contributed by atoms with Crippen LogP contribution in [0.4, 0.5) is 13.2 Å². The lowest BCUT2D eigenvalue weighted by molar-refractivity contribution is -0.137. The van der Waals surface area contributed by atoms with Gasteiger partial charge in [0.15, 0.2) is 5.43 Å². The number of benzene rings is 1. The highest BCUT2D eigenvalue weighted by Gasteiger charge is 2.30. The predicted octanol–water partition coefficient (Wildman–Crippen LogP) is 4.37. The third-order valence-electron chi connectivity index (χ3n) is 3.37. The van der Waals surface area contributed by atoms with Crippen LogP contribution >= 0.6 is 0 Å². The van der Waals surface area contributed by atoms with Gasteiger partial charge in [-0.3, -0.25) is 9.36 Å². The van der Waals surface area contributed by atoms with Gasteiger partial charge in [0.25, 0.3) is 0 Å². The van der Waals surface area contributed by atoms with Gasteiger partial charge >= 0.3 is 6.18 Å². The first kappa shape index (κ1) is 18.4. The Bertz CT molecular complexity index is 873. The number of hydrogen-bond donors (Lipinski definition) is 0. The Morgan fingerprint density at radius 1 is 1.32 bits per heavy atom. The van der Waals surface area contributed by atoms with Gasteiger partial charge in [-0.2, -0.15) is 13.2 Å². The van der Waals surface area contributed by atoms with E-state index >= 15 is 0 Å². The molecule has 6 heteroatoms. The van der Waals surface area contributed by atoms with Crippen LogP contribution in [0.5, 0.6) is 0 Å². The number of alkyl halides is 3. The zero-order chi connectivity index (χ0) is 18.4. The average molecular weight is 347 g/mol. The number of hydrogen-bond acceptors (Lipinski definition) is 2. The zero-order valence-electron chi connectivity index (χ0n) is 13.5. The molecule has 130 valence electrons. The van der Waals surface area contributed by atoms with E-state index in [1.54, 1.807) is 0 Å². The van der Waals surface area contributed by atoms with Crippen LogP contribution in [0.3, 0.4) is 0 Å². The molecule has 25 heavy (non-hydrogen) atoms. The van der Waals surface area contributed by atoms with Gasteiger partial charge in [-0.1, -0.05) is 25.5 Å². The Balaban J connectivity index is 2.53. The molecule has 0 fully saturated rings. The maximum atomic E-state index is 12.9. The molecule has 0 saturated carbocycles. The summed E-state index contributed by atoms with van der Waals surface area (Å²) in [6.07, 6.45) is 7.26. The van der Waals surface area contributed by atoms with Crippen LogP contribution in [-0.2, 0) is 10.9 Å². The molecule has 2 rings (SSSR count). The van der Waals surface area contributed by atoms with E-state index in [1.807, 2.05) is 6.92 Å². The third-order valence-corrected chi connectivity index (χ3v) is 3.37. The Morgan fingerprint density at radius 3 is 2.72 bits per heavy atom. The van der Waals surface area contributed by atoms with Crippen molar-refractivity contribution in [3.63, 3.8) is 0 Å². The van der Waals surface area contributed by atoms with Crippen LogP contribution in [0, 0.1) is 12.5 Å². The molecule has 0 N–H and O–H groups in total. The summed E-state index contributed by atoms with van der Waals surface area (Å²) in [5.41, 5.74) is -0.801. The monoisotopic (exact) mass is 347 g/mol. The molecule has 1 aromatic carbocycles. The van der Waals surface area contributed by atoms with E-state index in [0.29, 0.717) is 6.61 Å². The van der Waals surface area contributed by atoms with Crippen LogP contribution in [0.25, 0.3) is 17.2 Å². The SMILES string of the molecule is C#Cn1cc(C=COCCC)c(=O)c(-c2cccc(C(F)(F)F)c2)c1. The Kier molecular flexibility index (Phi) is 5.71. The van der Waals surface area contributed by atoms with Crippen LogP contribution in [0.2, 0.25) is 0 Å². The molecule has 0 unspecified atom stereocenters. The van der Waals surface area contributed by atoms with Crippen LogP contribution < -0.4 is 5.43 Å². The van der Waals surface area contributed by atoms with Gasteiger partial charge in [-0.05, 0) is 30.2 Å². The first-order valence-corrected chi connectivity index (χ1v) is 7.55. The highest BCUT2D eigenvalue weighted by Crippen LogP contribution is 2.31. The summed E-state index contributed by atoms with van der Waals surface area (Å²) in [5.74, 6) is 0. The van der Waals surface area contributed by atoms with Gasteiger partial charge in [0, 0.05) is 29.6 Å². The van der Waals surface area contributed by atoms with Crippen molar-refractivity contribution in [3.8, 4) is 23.6 Å². The average Bonchev–Trinajstić information content (AvgIpc) is 2.59. The Labute approximate surface area is 143 Å². The molecular weight excluding hydrogens is 331 g/mol. The first-order valence-electron chi connectivity index (χ1n) is 7.55. The molecule has 1 heterocycles. The molecule has 0 saturated heterocycles. The van der Waals surface area contributed by atoms with Gasteiger partial charge in [0.1, 0.15) is 0 Å². The molecule has 2 aromatic rings. The van der Waals surface area contributed by atoms with Gasteiger partial charge in [-0.15, -0.1) is 0 Å². The molecule has 0 amide bonds. The van der Waals surface area contributed by atoms with Crippen molar-refractivity contribution >= 4 is 6.08 Å². The molecule has 0 aliphatic rings. The van der Waals surface area contributed by atoms with E-state index in [0.717, 1.165) is 18.6 Å². The lowest BCUT2D eigenvalue weighted by Crippen LogP contribution is -2.12. The number of pyridine rings is 1. The van der Waals surface area contributed by atoms with Crippen molar-refractivity contribution in [2.45, 2.75) is 19.5 Å². The molecule has 0 radical (unpaired) electrons. The fraction of sp³-hybridized carbons (Fsp3) is 0.211. The topological polar surface area (TPSA) is 31.2 Å². The molecule has 1 aromatic heterocycles. The second kappa shape index (κ2) is 7.75. The Hall–Kier alpha value is -2.94. The van der Waals surface area contributed by atoms with Crippen molar-refractivity contribution in [1.82, 2.24) is 4.57 Å². The van der Waals surface area contributed by atoms with Gasteiger partial charge in [-0.25, -0.2) is 0 Å². The number of terminal acetylenes is 1. The Morgan fingerprint density at radius 2 is 2.08 bits per heavy atom. The number of halogens is 3. The van der Waals surface area contributed by atoms with E-state index in [-0.39, 0.29) is 16.7 Å². The van der Waals surface area contributed by atoms with Crippen molar-refractivity contribution in [2.24, 2.45) is 0 Å². The summed E-state index contributed by atoms with van der Waals surface area (Å²) < 4.78 is 45.2. The number of rotatable bonds is 5. The van der Waals surface area contributed by atoms with Crippen LogP contribution in [0.1, 0.15) is 24.5 Å². The second-order valence-corrected chi connectivity index (χ2v) is 5.24. The maximum absolute atomic E-state index is 12.9. The van der Waals surface area contributed by atoms with Crippen LogP contribution in [0.15, 0.2) is 47.7 Å². The van der Waals surface area contributed by atoms with Gasteiger partial charge in [0.2, 0.25) is 0 Å². The van der Waals surface area contributed by atoms with E-state index in [2.05, 4.69) is 6.04 Å². The molecular formula is C19H16F3NO2. The largest absolute Gasteiger partial charge is 0.501 e. The fourth-order valence-corrected chi connectivity index (χ4v) is 2.17. The highest BCUT2D eigenvalue weighted by molar-refractivity contribution is 5.67. The molecule has 0 aliphatic heterocycles.